The highest BCUT2D eigenvalue weighted by Gasteiger charge is 2.14. The molecule has 1 aromatic heterocycles. The van der Waals surface area contributed by atoms with Crippen molar-refractivity contribution in [3.8, 4) is 11.3 Å². The van der Waals surface area contributed by atoms with E-state index in [1.807, 2.05) is 32.0 Å². The zero-order valence-electron chi connectivity index (χ0n) is 11.7. The molecule has 4 heteroatoms. The second-order valence-electron chi connectivity index (χ2n) is 4.56. The van der Waals surface area contributed by atoms with E-state index in [9.17, 15) is 4.79 Å². The molecule has 0 aliphatic heterocycles. The summed E-state index contributed by atoms with van der Waals surface area (Å²) >= 11 is 5.85. The van der Waals surface area contributed by atoms with Gasteiger partial charge in [-0.25, -0.2) is 0 Å². The second kappa shape index (κ2) is 6.73. The van der Waals surface area contributed by atoms with E-state index in [1.54, 1.807) is 18.2 Å². The summed E-state index contributed by atoms with van der Waals surface area (Å²) < 4.78 is 5.64. The number of carbonyl (C=O) groups excluding carboxylic acids is 1. The molecule has 0 saturated heterocycles. The Morgan fingerprint density at radius 2 is 1.75 bits per heavy atom. The van der Waals surface area contributed by atoms with Crippen molar-refractivity contribution in [2.75, 3.05) is 19.6 Å². The molecule has 2 rings (SSSR count). The summed E-state index contributed by atoms with van der Waals surface area (Å²) in [4.78, 5) is 14.2. The van der Waals surface area contributed by atoms with Crippen LogP contribution >= 0.6 is 11.6 Å². The van der Waals surface area contributed by atoms with Crippen LogP contribution in [0.25, 0.3) is 11.3 Å². The van der Waals surface area contributed by atoms with Gasteiger partial charge in [-0.1, -0.05) is 25.4 Å². The topological polar surface area (TPSA) is 33.5 Å². The van der Waals surface area contributed by atoms with Gasteiger partial charge in [-0.05, 0) is 49.5 Å². The lowest BCUT2D eigenvalue weighted by Gasteiger charge is -2.15. The molecule has 0 saturated carbocycles. The molecule has 0 bridgehead atoms. The third-order valence-electron chi connectivity index (χ3n) is 3.27. The third-order valence-corrected chi connectivity index (χ3v) is 3.52. The zero-order valence-corrected chi connectivity index (χ0v) is 12.5. The Balaban J connectivity index is 2.12. The van der Waals surface area contributed by atoms with Gasteiger partial charge in [0.2, 0.25) is 5.78 Å². The van der Waals surface area contributed by atoms with Gasteiger partial charge in [0.1, 0.15) is 5.76 Å². The third kappa shape index (κ3) is 3.50. The molecule has 20 heavy (non-hydrogen) atoms. The number of Topliss-reactive ketones (excluding diaryl/α,β-unsaturated/α-hetero) is 1. The normalized spacial score (nSPS) is 11.0. The number of hydrogen-bond acceptors (Lipinski definition) is 3. The summed E-state index contributed by atoms with van der Waals surface area (Å²) in [5.74, 6) is 1.10. The van der Waals surface area contributed by atoms with E-state index >= 15 is 0 Å². The lowest BCUT2D eigenvalue weighted by atomic mass is 10.2. The standard InChI is InChI=1S/C16H18ClNO2/c1-3-18(4-2)11-14(19)16-10-9-15(20-16)12-5-7-13(17)8-6-12/h5-10H,3-4,11H2,1-2H3. The molecule has 0 spiro atoms. The fourth-order valence-electron chi connectivity index (χ4n) is 1.99. The maximum absolute atomic E-state index is 12.1. The summed E-state index contributed by atoms with van der Waals surface area (Å²) in [5, 5.41) is 0.679. The fourth-order valence-corrected chi connectivity index (χ4v) is 2.11. The van der Waals surface area contributed by atoms with Crippen molar-refractivity contribution >= 4 is 17.4 Å². The van der Waals surface area contributed by atoms with Crippen LogP contribution in [-0.4, -0.2) is 30.3 Å². The van der Waals surface area contributed by atoms with Crippen molar-refractivity contribution in [2.45, 2.75) is 13.8 Å². The maximum atomic E-state index is 12.1. The van der Waals surface area contributed by atoms with Crippen LogP contribution in [0.3, 0.4) is 0 Å². The predicted octanol–water partition coefficient (Wildman–Crippen LogP) is 4.12. The van der Waals surface area contributed by atoms with E-state index in [-0.39, 0.29) is 5.78 Å². The van der Waals surface area contributed by atoms with Crippen LogP contribution < -0.4 is 0 Å². The fraction of sp³-hybridized carbons (Fsp3) is 0.312. The van der Waals surface area contributed by atoms with E-state index in [4.69, 9.17) is 16.0 Å². The SMILES string of the molecule is CCN(CC)CC(=O)c1ccc(-c2ccc(Cl)cc2)o1. The average Bonchev–Trinajstić information content (AvgIpc) is 2.95. The minimum Gasteiger partial charge on any atom is -0.453 e. The number of benzene rings is 1. The van der Waals surface area contributed by atoms with Gasteiger partial charge in [-0.15, -0.1) is 0 Å². The molecule has 0 fully saturated rings. The molecule has 0 N–H and O–H groups in total. The quantitative estimate of drug-likeness (QED) is 0.751. The van der Waals surface area contributed by atoms with Crippen molar-refractivity contribution in [1.82, 2.24) is 4.90 Å². The molecule has 0 aliphatic carbocycles. The van der Waals surface area contributed by atoms with Gasteiger partial charge < -0.3 is 4.42 Å². The van der Waals surface area contributed by atoms with Crippen LogP contribution in [0, 0.1) is 0 Å². The first kappa shape index (κ1) is 14.8. The Hall–Kier alpha value is -1.58. The molecule has 0 unspecified atom stereocenters. The van der Waals surface area contributed by atoms with Gasteiger partial charge in [0.05, 0.1) is 6.54 Å². The minimum atomic E-state index is 0.00825. The monoisotopic (exact) mass is 291 g/mol. The summed E-state index contributed by atoms with van der Waals surface area (Å²) in [5.41, 5.74) is 0.913. The largest absolute Gasteiger partial charge is 0.453 e. The summed E-state index contributed by atoms with van der Waals surface area (Å²) in [7, 11) is 0. The highest BCUT2D eigenvalue weighted by molar-refractivity contribution is 6.30. The van der Waals surface area contributed by atoms with Crippen LogP contribution in [0.4, 0.5) is 0 Å². The van der Waals surface area contributed by atoms with E-state index < -0.39 is 0 Å². The highest BCUT2D eigenvalue weighted by Crippen LogP contribution is 2.24. The van der Waals surface area contributed by atoms with E-state index in [1.165, 1.54) is 0 Å². The number of furan rings is 1. The number of halogens is 1. The molecule has 1 aromatic carbocycles. The van der Waals surface area contributed by atoms with Gasteiger partial charge >= 0.3 is 0 Å². The molecule has 1 heterocycles. The molecule has 0 atom stereocenters. The van der Waals surface area contributed by atoms with Crippen LogP contribution in [0.15, 0.2) is 40.8 Å². The molecule has 106 valence electrons. The molecule has 2 aromatic rings. The molecular weight excluding hydrogens is 274 g/mol. The lowest BCUT2D eigenvalue weighted by Crippen LogP contribution is -2.29. The van der Waals surface area contributed by atoms with Gasteiger partial charge in [0, 0.05) is 10.6 Å². The summed E-state index contributed by atoms with van der Waals surface area (Å²) in [6.45, 7) is 6.18. The zero-order chi connectivity index (χ0) is 14.5. The first-order chi connectivity index (χ1) is 9.63. The number of likely N-dealkylation sites (N-methyl/N-ethyl adjacent to an activating group) is 1. The van der Waals surface area contributed by atoms with E-state index in [0.717, 1.165) is 18.7 Å². The van der Waals surface area contributed by atoms with Crippen molar-refractivity contribution < 1.29 is 9.21 Å². The molecule has 0 aliphatic rings. The molecular formula is C16H18ClNO2. The van der Waals surface area contributed by atoms with Crippen LogP contribution in [-0.2, 0) is 0 Å². The molecule has 3 nitrogen and oxygen atoms in total. The smallest absolute Gasteiger partial charge is 0.211 e. The van der Waals surface area contributed by atoms with Crippen LogP contribution in [0.5, 0.6) is 0 Å². The van der Waals surface area contributed by atoms with Crippen molar-refractivity contribution in [2.24, 2.45) is 0 Å². The molecule has 0 radical (unpaired) electrons. The predicted molar refractivity (Wildman–Crippen MR) is 81.3 cm³/mol. The van der Waals surface area contributed by atoms with Crippen molar-refractivity contribution in [3.63, 3.8) is 0 Å². The minimum absolute atomic E-state index is 0.00825. The first-order valence-electron chi connectivity index (χ1n) is 6.75. The van der Waals surface area contributed by atoms with Gasteiger partial charge in [-0.3, -0.25) is 9.69 Å². The summed E-state index contributed by atoms with van der Waals surface area (Å²) in [6.07, 6.45) is 0. The van der Waals surface area contributed by atoms with E-state index in [0.29, 0.717) is 23.1 Å². The van der Waals surface area contributed by atoms with E-state index in [2.05, 4.69) is 4.90 Å². The second-order valence-corrected chi connectivity index (χ2v) is 4.99. The number of nitrogens with zero attached hydrogens (tertiary/aromatic N) is 1. The Morgan fingerprint density at radius 1 is 1.10 bits per heavy atom. The highest BCUT2D eigenvalue weighted by atomic mass is 35.5. The first-order valence-corrected chi connectivity index (χ1v) is 7.13. The Kier molecular flexibility index (Phi) is 4.99. The van der Waals surface area contributed by atoms with Gasteiger partial charge in [-0.2, -0.15) is 0 Å². The number of hydrogen-bond donors (Lipinski definition) is 0. The Morgan fingerprint density at radius 3 is 2.35 bits per heavy atom. The number of carbonyl (C=O) groups is 1. The number of ketones is 1. The van der Waals surface area contributed by atoms with Crippen molar-refractivity contribution in [3.05, 3.63) is 47.2 Å². The van der Waals surface area contributed by atoms with Crippen LogP contribution in [0.2, 0.25) is 5.02 Å². The molecule has 0 amide bonds. The average molecular weight is 292 g/mol. The van der Waals surface area contributed by atoms with Gasteiger partial charge in [0.25, 0.3) is 0 Å². The number of rotatable bonds is 6. The van der Waals surface area contributed by atoms with Crippen LogP contribution in [0.1, 0.15) is 24.4 Å². The van der Waals surface area contributed by atoms with Crippen molar-refractivity contribution in [1.29, 1.82) is 0 Å². The Bertz CT molecular complexity index is 570. The maximum Gasteiger partial charge on any atom is 0.211 e. The lowest BCUT2D eigenvalue weighted by molar-refractivity contribution is 0.0911. The summed E-state index contributed by atoms with van der Waals surface area (Å²) in [6, 6.07) is 10.9. The van der Waals surface area contributed by atoms with Gasteiger partial charge in [0.15, 0.2) is 5.76 Å². The Labute approximate surface area is 124 Å².